The van der Waals surface area contributed by atoms with E-state index in [9.17, 15) is 14.5 Å². The minimum atomic E-state index is -0.790. The number of nitrogens with zero attached hydrogens (tertiary/aromatic N) is 1. The van der Waals surface area contributed by atoms with Gasteiger partial charge in [-0.05, 0) is 24.6 Å². The molecular formula is C10H12FN3O2. The van der Waals surface area contributed by atoms with Crippen molar-refractivity contribution in [2.45, 2.75) is 6.42 Å². The molecule has 1 aromatic rings. The van der Waals surface area contributed by atoms with Gasteiger partial charge in [0.05, 0.1) is 4.92 Å². The number of hydrogen-bond acceptors (Lipinski definition) is 4. The largest absolute Gasteiger partial charge is 0.391 e. The van der Waals surface area contributed by atoms with Crippen LogP contribution < -0.4 is 11.5 Å². The van der Waals surface area contributed by atoms with E-state index in [0.29, 0.717) is 18.5 Å². The van der Waals surface area contributed by atoms with Crippen LogP contribution in [0.25, 0.3) is 6.08 Å². The van der Waals surface area contributed by atoms with Crippen LogP contribution in [0.3, 0.4) is 0 Å². The molecule has 0 saturated heterocycles. The highest BCUT2D eigenvalue weighted by molar-refractivity contribution is 5.65. The molecule has 5 nitrogen and oxygen atoms in total. The van der Waals surface area contributed by atoms with E-state index in [-0.39, 0.29) is 0 Å². The summed E-state index contributed by atoms with van der Waals surface area (Å²) in [5.41, 5.74) is 10.0. The molecule has 0 heterocycles. The lowest BCUT2D eigenvalue weighted by Crippen LogP contribution is -1.99. The fourth-order valence-corrected chi connectivity index (χ4v) is 1.19. The van der Waals surface area contributed by atoms with Gasteiger partial charge in [0.2, 0.25) is 0 Å². The summed E-state index contributed by atoms with van der Waals surface area (Å²) in [6.45, 7) is 0.468. The second kappa shape index (κ2) is 5.22. The lowest BCUT2D eigenvalue weighted by Gasteiger charge is -2.00. The molecule has 0 saturated carbocycles. The standard InChI is InChI=1S/C10H12FN3O2/c11-8-5-7(3-1-2-4-12)6-9(10(8)13)14(15)16/h1,3,5-6H,2,4,12-13H2. The third-order valence-corrected chi connectivity index (χ3v) is 1.97. The molecule has 0 atom stereocenters. The monoisotopic (exact) mass is 225 g/mol. The van der Waals surface area contributed by atoms with Crippen molar-refractivity contribution in [2.75, 3.05) is 12.3 Å². The number of nitrogens with two attached hydrogens (primary N) is 2. The van der Waals surface area contributed by atoms with Crippen molar-refractivity contribution in [3.8, 4) is 0 Å². The average Bonchev–Trinajstić information content (AvgIpc) is 2.23. The Labute approximate surface area is 91.7 Å². The van der Waals surface area contributed by atoms with Gasteiger partial charge in [-0.25, -0.2) is 4.39 Å². The van der Waals surface area contributed by atoms with Crippen LogP contribution in [0.1, 0.15) is 12.0 Å². The molecule has 0 aliphatic carbocycles. The summed E-state index contributed by atoms with van der Waals surface area (Å²) in [7, 11) is 0. The van der Waals surface area contributed by atoms with Gasteiger partial charge in [-0.3, -0.25) is 10.1 Å². The number of hydrogen-bond donors (Lipinski definition) is 2. The summed E-state index contributed by atoms with van der Waals surface area (Å²) in [4.78, 5) is 9.86. The van der Waals surface area contributed by atoms with E-state index in [1.807, 2.05) is 0 Å². The lowest BCUT2D eigenvalue weighted by atomic mass is 10.1. The summed E-state index contributed by atoms with van der Waals surface area (Å²) in [5, 5.41) is 10.6. The maximum atomic E-state index is 13.2. The zero-order valence-electron chi connectivity index (χ0n) is 8.52. The number of nitrogen functional groups attached to an aromatic ring is 1. The highest BCUT2D eigenvalue weighted by atomic mass is 19.1. The predicted octanol–water partition coefficient (Wildman–Crippen LogP) is 1.68. The molecule has 0 amide bonds. The van der Waals surface area contributed by atoms with Crippen LogP contribution in [0.4, 0.5) is 15.8 Å². The fourth-order valence-electron chi connectivity index (χ4n) is 1.19. The quantitative estimate of drug-likeness (QED) is 0.463. The molecule has 1 rings (SSSR count). The van der Waals surface area contributed by atoms with Crippen molar-refractivity contribution in [3.63, 3.8) is 0 Å². The van der Waals surface area contributed by atoms with Crippen molar-refractivity contribution >= 4 is 17.5 Å². The topological polar surface area (TPSA) is 95.2 Å². The molecule has 0 fully saturated rings. The van der Waals surface area contributed by atoms with Gasteiger partial charge in [0.1, 0.15) is 5.69 Å². The highest BCUT2D eigenvalue weighted by Crippen LogP contribution is 2.26. The van der Waals surface area contributed by atoms with Crippen LogP contribution in [0.5, 0.6) is 0 Å². The number of nitro benzene ring substituents is 1. The van der Waals surface area contributed by atoms with E-state index < -0.39 is 22.1 Å². The smallest absolute Gasteiger partial charge is 0.295 e. The predicted molar refractivity (Wildman–Crippen MR) is 60.2 cm³/mol. The van der Waals surface area contributed by atoms with Crippen LogP contribution in [0.15, 0.2) is 18.2 Å². The molecule has 16 heavy (non-hydrogen) atoms. The van der Waals surface area contributed by atoms with Gasteiger partial charge >= 0.3 is 0 Å². The van der Waals surface area contributed by atoms with Crippen LogP contribution in [0, 0.1) is 15.9 Å². The third kappa shape index (κ3) is 2.77. The number of anilines is 1. The summed E-state index contributed by atoms with van der Waals surface area (Å²) >= 11 is 0. The first-order valence-electron chi connectivity index (χ1n) is 4.66. The van der Waals surface area contributed by atoms with Crippen molar-refractivity contribution in [2.24, 2.45) is 5.73 Å². The van der Waals surface area contributed by atoms with E-state index in [2.05, 4.69) is 0 Å². The molecule has 0 unspecified atom stereocenters. The minimum absolute atomic E-state index is 0.395. The van der Waals surface area contributed by atoms with Gasteiger partial charge in [-0.1, -0.05) is 12.2 Å². The minimum Gasteiger partial charge on any atom is -0.391 e. The molecule has 0 radical (unpaired) electrons. The highest BCUT2D eigenvalue weighted by Gasteiger charge is 2.16. The first-order valence-corrected chi connectivity index (χ1v) is 4.66. The van der Waals surface area contributed by atoms with Crippen LogP contribution in [0.2, 0.25) is 0 Å². The molecule has 4 N–H and O–H groups in total. The summed E-state index contributed by atoms with van der Waals surface area (Å²) in [6, 6.07) is 2.38. The van der Waals surface area contributed by atoms with Crippen molar-refractivity contribution in [3.05, 3.63) is 39.7 Å². The zero-order chi connectivity index (χ0) is 12.1. The molecule has 0 spiro atoms. The number of benzene rings is 1. The molecule has 0 aromatic heterocycles. The van der Waals surface area contributed by atoms with Crippen molar-refractivity contribution in [1.82, 2.24) is 0 Å². The Morgan fingerprint density at radius 2 is 2.19 bits per heavy atom. The van der Waals surface area contributed by atoms with Gasteiger partial charge in [0.15, 0.2) is 5.82 Å². The number of halogens is 1. The molecular weight excluding hydrogens is 213 g/mol. The van der Waals surface area contributed by atoms with Gasteiger partial charge in [-0.15, -0.1) is 0 Å². The number of rotatable bonds is 4. The summed E-state index contributed by atoms with van der Waals surface area (Å²) < 4.78 is 13.2. The van der Waals surface area contributed by atoms with Crippen molar-refractivity contribution < 1.29 is 9.31 Å². The Kier molecular flexibility index (Phi) is 3.96. The van der Waals surface area contributed by atoms with Crippen LogP contribution in [-0.4, -0.2) is 11.5 Å². The first-order chi connectivity index (χ1) is 7.56. The third-order valence-electron chi connectivity index (χ3n) is 1.97. The molecule has 0 aliphatic rings. The second-order valence-corrected chi connectivity index (χ2v) is 3.17. The summed E-state index contributed by atoms with van der Waals surface area (Å²) in [6.07, 6.45) is 3.91. The van der Waals surface area contributed by atoms with E-state index in [4.69, 9.17) is 11.5 Å². The molecule has 0 bridgehead atoms. The Balaban J connectivity index is 3.09. The maximum Gasteiger partial charge on any atom is 0.295 e. The average molecular weight is 225 g/mol. The van der Waals surface area contributed by atoms with E-state index in [1.54, 1.807) is 12.2 Å². The van der Waals surface area contributed by atoms with E-state index >= 15 is 0 Å². The van der Waals surface area contributed by atoms with E-state index in [1.165, 1.54) is 6.07 Å². The van der Waals surface area contributed by atoms with Crippen LogP contribution in [-0.2, 0) is 0 Å². The SMILES string of the molecule is NCCC=Cc1cc(F)c(N)c([N+](=O)[O-])c1. The van der Waals surface area contributed by atoms with E-state index in [0.717, 1.165) is 6.07 Å². The van der Waals surface area contributed by atoms with Gasteiger partial charge < -0.3 is 11.5 Å². The lowest BCUT2D eigenvalue weighted by molar-refractivity contribution is -0.384. The number of nitro groups is 1. The maximum absolute atomic E-state index is 13.2. The first kappa shape index (κ1) is 12.1. The van der Waals surface area contributed by atoms with Gasteiger partial charge in [0, 0.05) is 6.07 Å². The zero-order valence-corrected chi connectivity index (χ0v) is 8.52. The normalized spacial score (nSPS) is 10.9. The molecule has 0 aliphatic heterocycles. The Morgan fingerprint density at radius 1 is 1.50 bits per heavy atom. The van der Waals surface area contributed by atoms with Crippen LogP contribution >= 0.6 is 0 Å². The Morgan fingerprint density at radius 3 is 2.75 bits per heavy atom. The molecule has 1 aromatic carbocycles. The fraction of sp³-hybridized carbons (Fsp3) is 0.200. The van der Waals surface area contributed by atoms with Gasteiger partial charge in [0.25, 0.3) is 5.69 Å². The Hall–Kier alpha value is -1.95. The van der Waals surface area contributed by atoms with Crippen molar-refractivity contribution in [1.29, 1.82) is 0 Å². The second-order valence-electron chi connectivity index (χ2n) is 3.17. The van der Waals surface area contributed by atoms with Gasteiger partial charge in [-0.2, -0.15) is 0 Å². The summed E-state index contributed by atoms with van der Waals surface area (Å²) in [5.74, 6) is -0.790. The Bertz CT molecular complexity index is 432. The molecule has 6 heteroatoms. The molecule has 86 valence electrons.